The number of urea groups is 1. The van der Waals surface area contributed by atoms with Crippen molar-refractivity contribution >= 4 is 22.0 Å². The molecule has 118 valence electrons. The van der Waals surface area contributed by atoms with Gasteiger partial charge in [0.1, 0.15) is 0 Å². The molecule has 1 aliphatic carbocycles. The fourth-order valence-electron chi connectivity index (χ4n) is 3.53. The number of nitrogens with zero attached hydrogens (tertiary/aromatic N) is 2. The molecule has 1 unspecified atom stereocenters. The second-order valence-corrected chi connectivity index (χ2v) is 8.24. The molecule has 1 saturated carbocycles. The minimum atomic E-state index is -3.30. The van der Waals surface area contributed by atoms with Gasteiger partial charge in [-0.2, -0.15) is 4.31 Å². The SMILES string of the molecule is O=C1CNC(=O)N1C1CCN(S(=O)(=O)C2CCCCC2)C1. The third-order valence-corrected chi connectivity index (χ3v) is 7.07. The van der Waals surface area contributed by atoms with E-state index < -0.39 is 16.1 Å². The van der Waals surface area contributed by atoms with Crippen molar-refractivity contribution in [2.75, 3.05) is 19.6 Å². The Bertz CT molecular complexity index is 526. The van der Waals surface area contributed by atoms with Crippen molar-refractivity contribution in [1.29, 1.82) is 0 Å². The molecule has 0 aromatic carbocycles. The van der Waals surface area contributed by atoms with E-state index in [2.05, 4.69) is 5.32 Å². The van der Waals surface area contributed by atoms with Gasteiger partial charge in [-0.25, -0.2) is 13.2 Å². The van der Waals surface area contributed by atoms with Gasteiger partial charge < -0.3 is 5.32 Å². The molecule has 0 bridgehead atoms. The highest BCUT2D eigenvalue weighted by Crippen LogP contribution is 2.29. The molecule has 0 aromatic rings. The van der Waals surface area contributed by atoms with Crippen molar-refractivity contribution in [3.63, 3.8) is 0 Å². The van der Waals surface area contributed by atoms with Crippen molar-refractivity contribution in [3.05, 3.63) is 0 Å². The Balaban J connectivity index is 1.69. The predicted octanol–water partition coefficient (Wildman–Crippen LogP) is 0.275. The monoisotopic (exact) mass is 315 g/mol. The van der Waals surface area contributed by atoms with Crippen LogP contribution in [-0.2, 0) is 14.8 Å². The number of amides is 3. The quantitative estimate of drug-likeness (QED) is 0.758. The number of sulfonamides is 1. The first-order valence-corrected chi connectivity index (χ1v) is 9.09. The van der Waals surface area contributed by atoms with E-state index in [1.165, 1.54) is 9.21 Å². The van der Waals surface area contributed by atoms with Crippen LogP contribution in [-0.4, -0.2) is 60.5 Å². The summed E-state index contributed by atoms with van der Waals surface area (Å²) in [6, 6.07) is -0.722. The highest BCUT2D eigenvalue weighted by atomic mass is 32.2. The van der Waals surface area contributed by atoms with Crippen molar-refractivity contribution in [3.8, 4) is 0 Å². The number of hydrogen-bond acceptors (Lipinski definition) is 4. The molecule has 3 fully saturated rings. The van der Waals surface area contributed by atoms with E-state index in [1.54, 1.807) is 0 Å². The third-order valence-electron chi connectivity index (χ3n) is 4.70. The minimum Gasteiger partial charge on any atom is -0.329 e. The predicted molar refractivity (Wildman–Crippen MR) is 76.0 cm³/mol. The molecule has 2 aliphatic heterocycles. The molecule has 0 radical (unpaired) electrons. The molecule has 3 aliphatic rings. The first-order chi connectivity index (χ1) is 10.00. The van der Waals surface area contributed by atoms with Crippen molar-refractivity contribution in [1.82, 2.24) is 14.5 Å². The van der Waals surface area contributed by atoms with Crippen LogP contribution in [0.3, 0.4) is 0 Å². The van der Waals surface area contributed by atoms with Gasteiger partial charge in [0.25, 0.3) is 0 Å². The molecule has 0 aromatic heterocycles. The lowest BCUT2D eigenvalue weighted by atomic mass is 10.0. The number of carbonyl (C=O) groups excluding carboxylic acids is 2. The largest absolute Gasteiger partial charge is 0.329 e. The first-order valence-electron chi connectivity index (χ1n) is 7.59. The molecule has 3 amide bonds. The zero-order valence-corrected chi connectivity index (χ0v) is 12.8. The van der Waals surface area contributed by atoms with Gasteiger partial charge >= 0.3 is 6.03 Å². The van der Waals surface area contributed by atoms with Crippen LogP contribution in [0.4, 0.5) is 4.79 Å². The van der Waals surface area contributed by atoms with Gasteiger partial charge in [0.05, 0.1) is 17.8 Å². The Morgan fingerprint density at radius 3 is 2.38 bits per heavy atom. The summed E-state index contributed by atoms with van der Waals surface area (Å²) < 4.78 is 26.7. The van der Waals surface area contributed by atoms with E-state index in [0.717, 1.165) is 32.1 Å². The highest BCUT2D eigenvalue weighted by molar-refractivity contribution is 7.89. The van der Waals surface area contributed by atoms with Crippen LogP contribution in [0.1, 0.15) is 38.5 Å². The maximum absolute atomic E-state index is 12.6. The molecule has 0 spiro atoms. The Labute approximate surface area is 124 Å². The van der Waals surface area contributed by atoms with Crippen molar-refractivity contribution < 1.29 is 18.0 Å². The van der Waals surface area contributed by atoms with E-state index in [9.17, 15) is 18.0 Å². The molecule has 1 atom stereocenters. The molecule has 7 nitrogen and oxygen atoms in total. The van der Waals surface area contributed by atoms with E-state index in [0.29, 0.717) is 13.0 Å². The number of imide groups is 1. The van der Waals surface area contributed by atoms with E-state index >= 15 is 0 Å². The van der Waals surface area contributed by atoms with Gasteiger partial charge in [-0.05, 0) is 19.3 Å². The summed E-state index contributed by atoms with van der Waals surface area (Å²) in [5.41, 5.74) is 0. The second kappa shape index (κ2) is 5.57. The van der Waals surface area contributed by atoms with Crippen LogP contribution in [0.25, 0.3) is 0 Å². The van der Waals surface area contributed by atoms with E-state index in [1.807, 2.05) is 0 Å². The summed E-state index contributed by atoms with van der Waals surface area (Å²) in [6.07, 6.45) is 5.03. The Kier molecular flexibility index (Phi) is 3.92. The zero-order valence-electron chi connectivity index (χ0n) is 12.0. The van der Waals surface area contributed by atoms with Crippen LogP contribution in [0, 0.1) is 0 Å². The molecule has 2 heterocycles. The summed E-state index contributed by atoms with van der Waals surface area (Å²) in [5.74, 6) is -0.262. The number of rotatable bonds is 3. The van der Waals surface area contributed by atoms with Gasteiger partial charge in [0, 0.05) is 13.1 Å². The highest BCUT2D eigenvalue weighted by Gasteiger charge is 2.43. The summed E-state index contributed by atoms with van der Waals surface area (Å²) in [7, 11) is -3.30. The number of hydrogen-bond donors (Lipinski definition) is 1. The zero-order chi connectivity index (χ0) is 15.0. The average Bonchev–Trinajstić information content (AvgIpc) is 3.07. The summed E-state index contributed by atoms with van der Waals surface area (Å²) in [4.78, 5) is 24.6. The lowest BCUT2D eigenvalue weighted by Gasteiger charge is -2.27. The maximum Gasteiger partial charge on any atom is 0.324 e. The smallest absolute Gasteiger partial charge is 0.324 e. The summed E-state index contributed by atoms with van der Waals surface area (Å²) in [6.45, 7) is 0.670. The van der Waals surface area contributed by atoms with Crippen LogP contribution in [0.15, 0.2) is 0 Å². The van der Waals surface area contributed by atoms with Gasteiger partial charge in [0.2, 0.25) is 15.9 Å². The van der Waals surface area contributed by atoms with Crippen LogP contribution < -0.4 is 5.32 Å². The Morgan fingerprint density at radius 1 is 1.05 bits per heavy atom. The molecule has 8 heteroatoms. The van der Waals surface area contributed by atoms with E-state index in [-0.39, 0.29) is 30.3 Å². The standard InChI is InChI=1S/C13H21N3O4S/c17-12-8-14-13(18)16(12)10-6-7-15(9-10)21(19,20)11-4-2-1-3-5-11/h10-11H,1-9H2,(H,14,18). The molecular weight excluding hydrogens is 294 g/mol. The van der Waals surface area contributed by atoms with E-state index in [4.69, 9.17) is 0 Å². The second-order valence-electron chi connectivity index (χ2n) is 6.03. The van der Waals surface area contributed by atoms with Crippen LogP contribution in [0.2, 0.25) is 0 Å². The number of carbonyl (C=O) groups is 2. The fraction of sp³-hybridized carbons (Fsp3) is 0.846. The maximum atomic E-state index is 12.6. The number of nitrogens with one attached hydrogen (secondary N) is 1. The van der Waals surface area contributed by atoms with Crippen molar-refractivity contribution in [2.45, 2.75) is 49.8 Å². The molecule has 1 N–H and O–H groups in total. The summed E-state index contributed by atoms with van der Waals surface area (Å²) >= 11 is 0. The summed E-state index contributed by atoms with van der Waals surface area (Å²) in [5, 5.41) is 2.20. The molecule has 21 heavy (non-hydrogen) atoms. The topological polar surface area (TPSA) is 86.8 Å². The Hall–Kier alpha value is -1.15. The first kappa shape index (κ1) is 14.8. The molecule has 3 rings (SSSR count). The average molecular weight is 315 g/mol. The van der Waals surface area contributed by atoms with Crippen LogP contribution >= 0.6 is 0 Å². The minimum absolute atomic E-state index is 0.0186. The molecular formula is C13H21N3O4S. The van der Waals surface area contributed by atoms with Gasteiger partial charge in [0.15, 0.2) is 0 Å². The lowest BCUT2D eigenvalue weighted by molar-refractivity contribution is -0.126. The van der Waals surface area contributed by atoms with Gasteiger partial charge in [-0.1, -0.05) is 19.3 Å². The fourth-order valence-corrected chi connectivity index (χ4v) is 5.62. The van der Waals surface area contributed by atoms with Crippen molar-refractivity contribution in [2.24, 2.45) is 0 Å². The molecule has 2 saturated heterocycles. The normalized spacial score (nSPS) is 29.1. The third kappa shape index (κ3) is 2.66. The van der Waals surface area contributed by atoms with Crippen LogP contribution in [0.5, 0.6) is 0 Å². The Morgan fingerprint density at radius 2 is 1.76 bits per heavy atom. The van der Waals surface area contributed by atoms with Gasteiger partial charge in [-0.3, -0.25) is 9.69 Å². The van der Waals surface area contributed by atoms with Gasteiger partial charge in [-0.15, -0.1) is 0 Å². The lowest BCUT2D eigenvalue weighted by Crippen LogP contribution is -2.44.